The van der Waals surface area contributed by atoms with Crippen LogP contribution < -0.4 is 5.32 Å². The van der Waals surface area contributed by atoms with E-state index in [1.807, 2.05) is 5.32 Å². The molecule has 0 saturated carbocycles. The first-order chi connectivity index (χ1) is 8.73. The van der Waals surface area contributed by atoms with Crippen molar-refractivity contribution in [2.75, 3.05) is 6.54 Å². The highest BCUT2D eigenvalue weighted by molar-refractivity contribution is 5.94. The van der Waals surface area contributed by atoms with Gasteiger partial charge in [-0.25, -0.2) is 4.39 Å². The van der Waals surface area contributed by atoms with E-state index in [0.29, 0.717) is 6.07 Å². The van der Waals surface area contributed by atoms with Gasteiger partial charge >= 0.3 is 12.1 Å². The zero-order valence-corrected chi connectivity index (χ0v) is 9.42. The summed E-state index contributed by atoms with van der Waals surface area (Å²) in [4.78, 5) is 21.6. The van der Waals surface area contributed by atoms with Gasteiger partial charge in [-0.1, -0.05) is 6.07 Å². The molecule has 0 aromatic heterocycles. The van der Waals surface area contributed by atoms with E-state index in [1.54, 1.807) is 0 Å². The number of amides is 1. The van der Waals surface area contributed by atoms with Crippen molar-refractivity contribution < 1.29 is 32.3 Å². The number of carboxylic acid groups (broad SMARTS) is 1. The second-order valence-electron chi connectivity index (χ2n) is 3.56. The van der Waals surface area contributed by atoms with Crippen LogP contribution in [-0.2, 0) is 11.0 Å². The molecule has 0 bridgehead atoms. The number of aliphatic carboxylic acids is 1. The molecule has 0 heterocycles. The SMILES string of the molecule is O=C(O)CCNC(=O)c1cccc(C(F)(F)F)c1F. The van der Waals surface area contributed by atoms with E-state index >= 15 is 0 Å². The Labute approximate surface area is 105 Å². The van der Waals surface area contributed by atoms with Crippen molar-refractivity contribution in [2.45, 2.75) is 12.6 Å². The molecule has 4 nitrogen and oxygen atoms in total. The zero-order chi connectivity index (χ0) is 14.6. The monoisotopic (exact) mass is 279 g/mol. The summed E-state index contributed by atoms with van der Waals surface area (Å²) >= 11 is 0. The lowest BCUT2D eigenvalue weighted by atomic mass is 10.1. The van der Waals surface area contributed by atoms with Crippen molar-refractivity contribution >= 4 is 11.9 Å². The molecule has 1 amide bonds. The molecule has 1 aromatic carbocycles. The van der Waals surface area contributed by atoms with Gasteiger partial charge in [0.2, 0.25) is 0 Å². The first kappa shape index (κ1) is 14.9. The van der Waals surface area contributed by atoms with Gasteiger partial charge in [0.1, 0.15) is 5.82 Å². The molecule has 0 aliphatic heterocycles. The Bertz CT molecular complexity index is 499. The summed E-state index contributed by atoms with van der Waals surface area (Å²) in [6.45, 7) is -0.302. The molecule has 0 fully saturated rings. The molecule has 0 unspecified atom stereocenters. The third-order valence-corrected chi connectivity index (χ3v) is 2.17. The fourth-order valence-electron chi connectivity index (χ4n) is 1.30. The number of benzene rings is 1. The van der Waals surface area contributed by atoms with Gasteiger partial charge in [-0.2, -0.15) is 13.2 Å². The van der Waals surface area contributed by atoms with Gasteiger partial charge in [-0.15, -0.1) is 0 Å². The van der Waals surface area contributed by atoms with Crippen LogP contribution in [0.2, 0.25) is 0 Å². The summed E-state index contributed by atoms with van der Waals surface area (Å²) in [5.74, 6) is -3.96. The minimum atomic E-state index is -4.90. The highest BCUT2D eigenvalue weighted by Crippen LogP contribution is 2.32. The number of carbonyl (C=O) groups excluding carboxylic acids is 1. The van der Waals surface area contributed by atoms with E-state index in [-0.39, 0.29) is 6.54 Å². The van der Waals surface area contributed by atoms with Gasteiger partial charge in [0.25, 0.3) is 5.91 Å². The molecule has 0 saturated heterocycles. The second kappa shape index (κ2) is 5.68. The van der Waals surface area contributed by atoms with Crippen molar-refractivity contribution in [3.63, 3.8) is 0 Å². The van der Waals surface area contributed by atoms with Crippen molar-refractivity contribution in [1.82, 2.24) is 5.32 Å². The zero-order valence-electron chi connectivity index (χ0n) is 9.42. The number of carbonyl (C=O) groups is 2. The number of rotatable bonds is 4. The van der Waals surface area contributed by atoms with E-state index in [4.69, 9.17) is 5.11 Å². The highest BCUT2D eigenvalue weighted by atomic mass is 19.4. The molecule has 0 radical (unpaired) electrons. The fourth-order valence-corrected chi connectivity index (χ4v) is 1.30. The van der Waals surface area contributed by atoms with Crippen LogP contribution in [0.5, 0.6) is 0 Å². The maximum absolute atomic E-state index is 13.5. The summed E-state index contributed by atoms with van der Waals surface area (Å²) in [6.07, 6.45) is -5.31. The van der Waals surface area contributed by atoms with Crippen molar-refractivity contribution in [3.05, 3.63) is 35.1 Å². The van der Waals surface area contributed by atoms with Crippen LogP contribution in [0.1, 0.15) is 22.3 Å². The minimum Gasteiger partial charge on any atom is -0.481 e. The highest BCUT2D eigenvalue weighted by Gasteiger charge is 2.35. The van der Waals surface area contributed by atoms with Gasteiger partial charge in [-0.3, -0.25) is 9.59 Å². The third-order valence-electron chi connectivity index (χ3n) is 2.17. The van der Waals surface area contributed by atoms with Crippen LogP contribution in [-0.4, -0.2) is 23.5 Å². The summed E-state index contributed by atoms with van der Waals surface area (Å²) in [6, 6.07) is 2.31. The van der Waals surface area contributed by atoms with Crippen LogP contribution in [0.25, 0.3) is 0 Å². The van der Waals surface area contributed by atoms with Gasteiger partial charge in [0.15, 0.2) is 0 Å². The molecule has 1 aromatic rings. The number of halogens is 4. The molecular weight excluding hydrogens is 270 g/mol. The van der Waals surface area contributed by atoms with Crippen LogP contribution in [0.15, 0.2) is 18.2 Å². The topological polar surface area (TPSA) is 66.4 Å². The Morgan fingerprint density at radius 1 is 1.26 bits per heavy atom. The molecular formula is C11H9F4NO3. The maximum atomic E-state index is 13.5. The van der Waals surface area contributed by atoms with Crippen molar-refractivity contribution in [1.29, 1.82) is 0 Å². The first-order valence-corrected chi connectivity index (χ1v) is 5.09. The first-order valence-electron chi connectivity index (χ1n) is 5.09. The standard InChI is InChI=1S/C11H9F4NO3/c12-9-6(10(19)16-5-4-8(17)18)2-1-3-7(9)11(13,14)15/h1-3H,4-5H2,(H,16,19)(H,17,18). The summed E-state index contributed by atoms with van der Waals surface area (Å²) in [7, 11) is 0. The second-order valence-corrected chi connectivity index (χ2v) is 3.56. The number of alkyl halides is 3. The molecule has 1 rings (SSSR count). The molecule has 2 N–H and O–H groups in total. The van der Waals surface area contributed by atoms with Crippen LogP contribution in [0.3, 0.4) is 0 Å². The van der Waals surface area contributed by atoms with E-state index in [9.17, 15) is 27.2 Å². The number of hydrogen-bond acceptors (Lipinski definition) is 2. The number of hydrogen-bond donors (Lipinski definition) is 2. The van der Waals surface area contributed by atoms with Gasteiger partial charge in [0.05, 0.1) is 17.5 Å². The maximum Gasteiger partial charge on any atom is 0.419 e. The average molecular weight is 279 g/mol. The van der Waals surface area contributed by atoms with Gasteiger partial charge in [0, 0.05) is 6.54 Å². The molecule has 0 spiro atoms. The lowest BCUT2D eigenvalue weighted by molar-refractivity contribution is -0.140. The molecule has 0 aliphatic rings. The molecule has 19 heavy (non-hydrogen) atoms. The average Bonchev–Trinajstić information content (AvgIpc) is 2.26. The quantitative estimate of drug-likeness (QED) is 0.829. The molecule has 0 atom stereocenters. The number of carboxylic acids is 1. The fraction of sp³-hybridized carbons (Fsp3) is 0.273. The normalized spacial score (nSPS) is 11.2. The molecule has 104 valence electrons. The Morgan fingerprint density at radius 2 is 1.89 bits per heavy atom. The van der Waals surface area contributed by atoms with Crippen molar-refractivity contribution in [2.24, 2.45) is 0 Å². The van der Waals surface area contributed by atoms with E-state index in [2.05, 4.69) is 0 Å². The summed E-state index contributed by atoms with van der Waals surface area (Å²) in [5.41, 5.74) is -2.32. The smallest absolute Gasteiger partial charge is 0.419 e. The van der Waals surface area contributed by atoms with Crippen molar-refractivity contribution in [3.8, 4) is 0 Å². The Morgan fingerprint density at radius 3 is 2.42 bits per heavy atom. The van der Waals surface area contributed by atoms with E-state index in [0.717, 1.165) is 12.1 Å². The Balaban J connectivity index is 2.90. The third kappa shape index (κ3) is 3.94. The van der Waals surface area contributed by atoms with Crippen LogP contribution in [0, 0.1) is 5.82 Å². The largest absolute Gasteiger partial charge is 0.481 e. The predicted molar refractivity (Wildman–Crippen MR) is 56.0 cm³/mol. The lowest BCUT2D eigenvalue weighted by Crippen LogP contribution is -2.27. The molecule has 0 aliphatic carbocycles. The van der Waals surface area contributed by atoms with Crippen LogP contribution in [0.4, 0.5) is 17.6 Å². The van der Waals surface area contributed by atoms with E-state index < -0.39 is 41.4 Å². The van der Waals surface area contributed by atoms with Crippen LogP contribution >= 0.6 is 0 Å². The van der Waals surface area contributed by atoms with E-state index in [1.165, 1.54) is 0 Å². The van der Waals surface area contributed by atoms with Gasteiger partial charge in [-0.05, 0) is 12.1 Å². The minimum absolute atomic E-state index is 0.302. The van der Waals surface area contributed by atoms with Gasteiger partial charge < -0.3 is 10.4 Å². The Kier molecular flexibility index (Phi) is 4.47. The lowest BCUT2D eigenvalue weighted by Gasteiger charge is -2.11. The predicted octanol–water partition coefficient (Wildman–Crippen LogP) is 2.05. The summed E-state index contributed by atoms with van der Waals surface area (Å²) < 4.78 is 50.7. The number of nitrogens with one attached hydrogen (secondary N) is 1. The summed E-state index contributed by atoms with van der Waals surface area (Å²) in [5, 5.41) is 10.4. The Hall–Kier alpha value is -2.12. The molecule has 8 heteroatoms.